The van der Waals surface area contributed by atoms with Crippen molar-refractivity contribution in [1.82, 2.24) is 14.5 Å². The number of aryl methyl sites for hydroxylation is 1. The molecule has 3 heterocycles. The number of anilines is 1. The molecule has 1 aromatic carbocycles. The van der Waals surface area contributed by atoms with Crippen LogP contribution in [0.1, 0.15) is 22.5 Å². The third-order valence-corrected chi connectivity index (χ3v) is 5.14. The first kappa shape index (κ1) is 16.3. The quantitative estimate of drug-likeness (QED) is 0.589. The highest BCUT2D eigenvalue weighted by molar-refractivity contribution is 5.97. The topological polar surface area (TPSA) is 56.7 Å². The summed E-state index contributed by atoms with van der Waals surface area (Å²) < 4.78 is 2.22. The fourth-order valence-corrected chi connectivity index (χ4v) is 3.51. The number of aromatic nitrogens is 3. The molecular formula is C22H22N4. The van der Waals surface area contributed by atoms with Crippen LogP contribution < -0.4 is 5.73 Å². The predicted molar refractivity (Wildman–Crippen MR) is 107 cm³/mol. The zero-order valence-corrected chi connectivity index (χ0v) is 15.3. The van der Waals surface area contributed by atoms with E-state index in [9.17, 15) is 0 Å². The van der Waals surface area contributed by atoms with E-state index < -0.39 is 0 Å². The Morgan fingerprint density at radius 2 is 1.65 bits per heavy atom. The van der Waals surface area contributed by atoms with Gasteiger partial charge in [0.2, 0.25) is 0 Å². The molecule has 0 saturated carbocycles. The van der Waals surface area contributed by atoms with Gasteiger partial charge in [0, 0.05) is 28.5 Å². The predicted octanol–water partition coefficient (Wildman–Crippen LogP) is 4.65. The number of nitrogens with zero attached hydrogens (tertiary/aromatic N) is 3. The van der Waals surface area contributed by atoms with Crippen LogP contribution in [0, 0.1) is 20.8 Å². The van der Waals surface area contributed by atoms with Crippen LogP contribution >= 0.6 is 0 Å². The van der Waals surface area contributed by atoms with Gasteiger partial charge in [-0.15, -0.1) is 0 Å². The van der Waals surface area contributed by atoms with Gasteiger partial charge >= 0.3 is 0 Å². The summed E-state index contributed by atoms with van der Waals surface area (Å²) in [5.41, 5.74) is 14.7. The smallest absolute Gasteiger partial charge is 0.143 e. The number of hydrogen-bond donors (Lipinski definition) is 1. The molecule has 0 fully saturated rings. The molecule has 4 nitrogen and oxygen atoms in total. The van der Waals surface area contributed by atoms with Crippen molar-refractivity contribution in [2.45, 2.75) is 27.3 Å². The van der Waals surface area contributed by atoms with Gasteiger partial charge in [-0.25, -0.2) is 4.98 Å². The van der Waals surface area contributed by atoms with Crippen LogP contribution in [0.3, 0.4) is 0 Å². The molecule has 130 valence electrons. The first-order valence-electron chi connectivity index (χ1n) is 8.78. The average Bonchev–Trinajstić information content (AvgIpc) is 2.91. The average molecular weight is 342 g/mol. The van der Waals surface area contributed by atoms with Gasteiger partial charge in [0.15, 0.2) is 0 Å². The van der Waals surface area contributed by atoms with E-state index in [2.05, 4.69) is 42.5 Å². The van der Waals surface area contributed by atoms with Crippen LogP contribution in [0.5, 0.6) is 0 Å². The molecule has 0 saturated heterocycles. The van der Waals surface area contributed by atoms with Gasteiger partial charge in [0.25, 0.3) is 0 Å². The van der Waals surface area contributed by atoms with E-state index in [4.69, 9.17) is 10.7 Å². The van der Waals surface area contributed by atoms with Gasteiger partial charge in [-0.1, -0.05) is 36.4 Å². The number of nitrogens with two attached hydrogens (primary N) is 1. The minimum Gasteiger partial charge on any atom is -0.398 e. The van der Waals surface area contributed by atoms with Crippen molar-refractivity contribution in [2.24, 2.45) is 0 Å². The highest BCUT2D eigenvalue weighted by Gasteiger charge is 2.19. The number of fused-ring (bicyclic) bond motifs is 1. The Labute approximate surface area is 153 Å². The first-order valence-corrected chi connectivity index (χ1v) is 8.78. The van der Waals surface area contributed by atoms with Crippen LogP contribution in [-0.2, 0) is 6.54 Å². The second kappa shape index (κ2) is 6.30. The molecule has 0 unspecified atom stereocenters. The van der Waals surface area contributed by atoms with Crippen molar-refractivity contribution in [1.29, 1.82) is 0 Å². The van der Waals surface area contributed by atoms with Crippen molar-refractivity contribution < 1.29 is 0 Å². The molecule has 4 rings (SSSR count). The fraction of sp³-hybridized carbons (Fsp3) is 0.182. The van der Waals surface area contributed by atoms with E-state index in [1.54, 1.807) is 0 Å². The zero-order chi connectivity index (χ0) is 18.3. The second-order valence-corrected chi connectivity index (χ2v) is 6.68. The molecule has 2 N–H and O–H groups in total. The molecule has 0 atom stereocenters. The van der Waals surface area contributed by atoms with Crippen LogP contribution in [-0.4, -0.2) is 14.5 Å². The molecule has 4 aromatic rings. The number of rotatable bonds is 3. The first-order chi connectivity index (χ1) is 12.6. The number of nitrogen functional groups attached to an aromatic ring is 1. The number of hydrogen-bond acceptors (Lipinski definition) is 3. The summed E-state index contributed by atoms with van der Waals surface area (Å²) in [4.78, 5) is 9.51. The van der Waals surface area contributed by atoms with Crippen LogP contribution in [0.4, 0.5) is 5.69 Å². The van der Waals surface area contributed by atoms with Crippen molar-refractivity contribution in [3.63, 3.8) is 0 Å². The van der Waals surface area contributed by atoms with Gasteiger partial charge in [-0.2, -0.15) is 0 Å². The molecule has 0 spiro atoms. The van der Waals surface area contributed by atoms with Crippen molar-refractivity contribution in [2.75, 3.05) is 5.73 Å². The minimum atomic E-state index is 0.681. The minimum absolute atomic E-state index is 0.681. The lowest BCUT2D eigenvalue weighted by atomic mass is 10.0. The molecule has 0 aliphatic carbocycles. The molecule has 0 bridgehead atoms. The highest BCUT2D eigenvalue weighted by Crippen LogP contribution is 2.35. The lowest BCUT2D eigenvalue weighted by molar-refractivity contribution is 0.769. The van der Waals surface area contributed by atoms with E-state index >= 15 is 0 Å². The van der Waals surface area contributed by atoms with Crippen LogP contribution in [0.2, 0.25) is 0 Å². The Kier molecular flexibility index (Phi) is 3.96. The lowest BCUT2D eigenvalue weighted by Crippen LogP contribution is -2.06. The third-order valence-electron chi connectivity index (χ3n) is 5.14. The maximum Gasteiger partial charge on any atom is 0.143 e. The molecule has 4 heteroatoms. The summed E-state index contributed by atoms with van der Waals surface area (Å²) in [6.07, 6.45) is 1.82. The van der Waals surface area contributed by atoms with Crippen LogP contribution in [0.25, 0.3) is 22.3 Å². The monoisotopic (exact) mass is 342 g/mol. The van der Waals surface area contributed by atoms with Gasteiger partial charge in [-0.05, 0) is 44.0 Å². The molecule has 0 radical (unpaired) electrons. The maximum atomic E-state index is 6.56. The van der Waals surface area contributed by atoms with Gasteiger partial charge in [0.1, 0.15) is 5.65 Å². The normalized spacial score (nSPS) is 11.2. The van der Waals surface area contributed by atoms with Crippen molar-refractivity contribution in [3.8, 4) is 11.3 Å². The highest BCUT2D eigenvalue weighted by atomic mass is 15.1. The van der Waals surface area contributed by atoms with Crippen LogP contribution in [0.15, 0.2) is 54.7 Å². The molecule has 0 aliphatic heterocycles. The maximum absolute atomic E-state index is 6.56. The van der Waals surface area contributed by atoms with E-state index in [0.29, 0.717) is 6.54 Å². The Hall–Kier alpha value is -3.14. The summed E-state index contributed by atoms with van der Waals surface area (Å²) in [6.45, 7) is 6.97. The van der Waals surface area contributed by atoms with Crippen molar-refractivity contribution >= 4 is 16.7 Å². The van der Waals surface area contributed by atoms with Gasteiger partial charge in [-0.3, -0.25) is 4.98 Å². The summed E-state index contributed by atoms with van der Waals surface area (Å²) in [5.74, 6) is 0. The number of pyridine rings is 2. The van der Waals surface area contributed by atoms with Crippen molar-refractivity contribution in [3.05, 3.63) is 77.2 Å². The van der Waals surface area contributed by atoms with E-state index in [-0.39, 0.29) is 0 Å². The standard InChI is InChI=1S/C22H22N4/c1-14-16(3)26(13-18-11-7-8-12-24-18)22-19(14)20(23)15(2)21(25-22)17-9-5-4-6-10-17/h4-12H,13H2,1-3H3,(H2,23,25). The number of benzene rings is 1. The Morgan fingerprint density at radius 3 is 2.35 bits per heavy atom. The fourth-order valence-electron chi connectivity index (χ4n) is 3.51. The van der Waals surface area contributed by atoms with E-state index in [1.165, 1.54) is 11.3 Å². The SMILES string of the molecule is Cc1c(-c2ccccc2)nc2c(c(C)c(C)n2Cc2ccccn2)c1N. The summed E-state index contributed by atoms with van der Waals surface area (Å²) in [6, 6.07) is 16.2. The Bertz CT molecular complexity index is 1080. The van der Waals surface area contributed by atoms with Gasteiger partial charge < -0.3 is 10.3 Å². The lowest BCUT2D eigenvalue weighted by Gasteiger charge is -2.12. The molecule has 3 aromatic heterocycles. The molecular weight excluding hydrogens is 320 g/mol. The Balaban J connectivity index is 1.98. The van der Waals surface area contributed by atoms with E-state index in [0.717, 1.165) is 39.2 Å². The summed E-state index contributed by atoms with van der Waals surface area (Å²) in [7, 11) is 0. The molecule has 0 aliphatic rings. The molecule has 26 heavy (non-hydrogen) atoms. The van der Waals surface area contributed by atoms with Gasteiger partial charge in [0.05, 0.1) is 17.9 Å². The summed E-state index contributed by atoms with van der Waals surface area (Å²) >= 11 is 0. The molecule has 0 amide bonds. The third kappa shape index (κ3) is 2.54. The summed E-state index contributed by atoms with van der Waals surface area (Å²) in [5, 5.41) is 1.05. The zero-order valence-electron chi connectivity index (χ0n) is 15.3. The largest absolute Gasteiger partial charge is 0.398 e. The second-order valence-electron chi connectivity index (χ2n) is 6.68. The van der Waals surface area contributed by atoms with E-state index in [1.807, 2.05) is 42.6 Å². The Morgan fingerprint density at radius 1 is 0.923 bits per heavy atom.